The average molecular weight is 392 g/mol. The van der Waals surface area contributed by atoms with E-state index < -0.39 is 6.04 Å². The van der Waals surface area contributed by atoms with E-state index in [0.29, 0.717) is 12.4 Å². The minimum absolute atomic E-state index is 0.0647. The number of aromatic nitrogens is 2. The SMILES string of the molecule is CCCCN(C)C(=O)C(c1ccccn1)N(C)Cc1ccc2nc(N)ccc2c1. The summed E-state index contributed by atoms with van der Waals surface area (Å²) in [6.07, 6.45) is 3.78. The number of hydrogen-bond donors (Lipinski definition) is 1. The zero-order valence-electron chi connectivity index (χ0n) is 17.4. The molecule has 2 N–H and O–H groups in total. The summed E-state index contributed by atoms with van der Waals surface area (Å²) in [5.41, 5.74) is 8.51. The van der Waals surface area contributed by atoms with Gasteiger partial charge >= 0.3 is 0 Å². The van der Waals surface area contributed by atoms with Gasteiger partial charge in [-0.15, -0.1) is 0 Å². The predicted octanol–water partition coefficient (Wildman–Crippen LogP) is 3.64. The van der Waals surface area contributed by atoms with Crippen LogP contribution in [0.4, 0.5) is 5.82 Å². The van der Waals surface area contributed by atoms with E-state index in [1.807, 2.05) is 55.4 Å². The molecule has 1 unspecified atom stereocenters. The van der Waals surface area contributed by atoms with Crippen molar-refractivity contribution in [2.75, 3.05) is 26.4 Å². The summed E-state index contributed by atoms with van der Waals surface area (Å²) in [6, 6.07) is 15.2. The number of anilines is 1. The Balaban J connectivity index is 1.85. The number of fused-ring (bicyclic) bond motifs is 1. The second kappa shape index (κ2) is 9.47. The van der Waals surface area contributed by atoms with Gasteiger partial charge in [0.05, 0.1) is 11.2 Å². The fraction of sp³-hybridized carbons (Fsp3) is 0.348. The zero-order chi connectivity index (χ0) is 20.8. The first-order valence-corrected chi connectivity index (χ1v) is 10.0. The second-order valence-electron chi connectivity index (χ2n) is 7.45. The van der Waals surface area contributed by atoms with Crippen molar-refractivity contribution >= 4 is 22.6 Å². The lowest BCUT2D eigenvalue weighted by atomic mass is 10.1. The van der Waals surface area contributed by atoms with Crippen LogP contribution in [0.5, 0.6) is 0 Å². The summed E-state index contributed by atoms with van der Waals surface area (Å²) < 4.78 is 0. The lowest BCUT2D eigenvalue weighted by molar-refractivity contribution is -0.135. The van der Waals surface area contributed by atoms with Crippen molar-refractivity contribution in [3.8, 4) is 0 Å². The Kier molecular flexibility index (Phi) is 6.77. The number of nitrogen functional groups attached to an aromatic ring is 1. The number of hydrogen-bond acceptors (Lipinski definition) is 5. The van der Waals surface area contributed by atoms with E-state index in [1.54, 1.807) is 12.3 Å². The number of pyridine rings is 2. The minimum atomic E-state index is -0.432. The van der Waals surface area contributed by atoms with Crippen LogP contribution in [0.25, 0.3) is 10.9 Å². The van der Waals surface area contributed by atoms with Gasteiger partial charge in [0.1, 0.15) is 11.9 Å². The van der Waals surface area contributed by atoms with Crippen LogP contribution in [0.2, 0.25) is 0 Å². The number of carbonyl (C=O) groups excluding carboxylic acids is 1. The molecule has 0 aliphatic heterocycles. The number of nitrogens with two attached hydrogens (primary N) is 1. The molecule has 3 aromatic rings. The number of rotatable bonds is 8. The standard InChI is InChI=1S/C23H29N5O/c1-4-5-14-27(2)23(29)22(20-8-6-7-13-25-20)28(3)16-17-9-11-19-18(15-17)10-12-21(24)26-19/h6-13,15,22H,4-5,14,16H2,1-3H3,(H2,24,26). The third kappa shape index (κ3) is 5.09. The smallest absolute Gasteiger partial charge is 0.245 e. The topological polar surface area (TPSA) is 75.4 Å². The molecule has 0 fully saturated rings. The van der Waals surface area contributed by atoms with E-state index in [9.17, 15) is 4.79 Å². The Bertz CT molecular complexity index is 960. The van der Waals surface area contributed by atoms with Gasteiger partial charge in [0, 0.05) is 31.7 Å². The Labute approximate surface area is 172 Å². The van der Waals surface area contributed by atoms with Crippen LogP contribution < -0.4 is 5.73 Å². The van der Waals surface area contributed by atoms with E-state index in [2.05, 4.69) is 27.9 Å². The maximum atomic E-state index is 13.3. The molecular formula is C23H29N5O. The van der Waals surface area contributed by atoms with E-state index >= 15 is 0 Å². The second-order valence-corrected chi connectivity index (χ2v) is 7.45. The van der Waals surface area contributed by atoms with Gasteiger partial charge in [-0.05, 0) is 55.4 Å². The molecule has 6 heteroatoms. The predicted molar refractivity (Wildman–Crippen MR) is 117 cm³/mol. The van der Waals surface area contributed by atoms with Gasteiger partial charge in [0.25, 0.3) is 0 Å². The number of likely N-dealkylation sites (N-methyl/N-ethyl adjacent to an activating group) is 2. The fourth-order valence-corrected chi connectivity index (χ4v) is 3.46. The number of nitrogens with zero attached hydrogens (tertiary/aromatic N) is 4. The Morgan fingerprint density at radius 1 is 1.14 bits per heavy atom. The van der Waals surface area contributed by atoms with Crippen LogP contribution in [-0.2, 0) is 11.3 Å². The molecule has 1 atom stereocenters. The zero-order valence-corrected chi connectivity index (χ0v) is 17.4. The summed E-state index contributed by atoms with van der Waals surface area (Å²) in [4.78, 5) is 25.9. The van der Waals surface area contributed by atoms with Gasteiger partial charge < -0.3 is 10.6 Å². The van der Waals surface area contributed by atoms with Crippen molar-refractivity contribution in [2.24, 2.45) is 0 Å². The quantitative estimate of drug-likeness (QED) is 0.634. The molecule has 0 aliphatic rings. The van der Waals surface area contributed by atoms with Crippen LogP contribution >= 0.6 is 0 Å². The van der Waals surface area contributed by atoms with Crippen molar-refractivity contribution < 1.29 is 4.79 Å². The number of amides is 1. The highest BCUT2D eigenvalue weighted by atomic mass is 16.2. The van der Waals surface area contributed by atoms with Crippen LogP contribution in [0.3, 0.4) is 0 Å². The minimum Gasteiger partial charge on any atom is -0.384 e. The molecule has 0 bridgehead atoms. The number of benzene rings is 1. The van der Waals surface area contributed by atoms with Crippen molar-refractivity contribution in [1.29, 1.82) is 0 Å². The lowest BCUT2D eigenvalue weighted by Crippen LogP contribution is -2.40. The van der Waals surface area contributed by atoms with Gasteiger partial charge in [-0.2, -0.15) is 0 Å². The first-order chi connectivity index (χ1) is 14.0. The molecule has 6 nitrogen and oxygen atoms in total. The third-order valence-corrected chi connectivity index (χ3v) is 5.07. The summed E-state index contributed by atoms with van der Waals surface area (Å²) in [6.45, 7) is 3.49. The van der Waals surface area contributed by atoms with Gasteiger partial charge in [0.2, 0.25) is 5.91 Å². The largest absolute Gasteiger partial charge is 0.384 e. The van der Waals surface area contributed by atoms with Gasteiger partial charge in [0.15, 0.2) is 0 Å². The van der Waals surface area contributed by atoms with E-state index in [0.717, 1.165) is 41.5 Å². The van der Waals surface area contributed by atoms with E-state index in [1.165, 1.54) is 0 Å². The monoisotopic (exact) mass is 391 g/mol. The van der Waals surface area contributed by atoms with Gasteiger partial charge in [-0.25, -0.2) is 4.98 Å². The Morgan fingerprint density at radius 3 is 2.69 bits per heavy atom. The molecule has 29 heavy (non-hydrogen) atoms. The Hall–Kier alpha value is -2.99. The van der Waals surface area contributed by atoms with Crippen LogP contribution in [0, 0.1) is 0 Å². The summed E-state index contributed by atoms with van der Waals surface area (Å²) >= 11 is 0. The first-order valence-electron chi connectivity index (χ1n) is 10.0. The molecule has 0 saturated carbocycles. The molecule has 1 aromatic carbocycles. The van der Waals surface area contributed by atoms with Crippen LogP contribution in [0.1, 0.15) is 37.1 Å². The highest BCUT2D eigenvalue weighted by molar-refractivity contribution is 5.83. The molecular weight excluding hydrogens is 362 g/mol. The van der Waals surface area contributed by atoms with E-state index in [-0.39, 0.29) is 5.91 Å². The molecule has 0 saturated heterocycles. The molecule has 1 amide bonds. The Morgan fingerprint density at radius 2 is 1.97 bits per heavy atom. The molecule has 0 radical (unpaired) electrons. The van der Waals surface area contributed by atoms with Crippen molar-refractivity contribution in [3.63, 3.8) is 0 Å². The summed E-state index contributed by atoms with van der Waals surface area (Å²) in [5.74, 6) is 0.577. The summed E-state index contributed by atoms with van der Waals surface area (Å²) in [5, 5.41) is 1.03. The van der Waals surface area contributed by atoms with Crippen molar-refractivity contribution in [1.82, 2.24) is 19.8 Å². The summed E-state index contributed by atoms with van der Waals surface area (Å²) in [7, 11) is 3.84. The lowest BCUT2D eigenvalue weighted by Gasteiger charge is -2.30. The first kappa shape index (κ1) is 20.7. The van der Waals surface area contributed by atoms with Gasteiger partial charge in [-0.1, -0.05) is 25.5 Å². The average Bonchev–Trinajstić information content (AvgIpc) is 2.73. The molecule has 3 rings (SSSR count). The maximum Gasteiger partial charge on any atom is 0.245 e. The normalized spacial score (nSPS) is 12.3. The molecule has 2 heterocycles. The van der Waals surface area contributed by atoms with Gasteiger partial charge in [-0.3, -0.25) is 14.7 Å². The fourth-order valence-electron chi connectivity index (χ4n) is 3.46. The number of carbonyl (C=O) groups is 1. The van der Waals surface area contributed by atoms with Crippen molar-refractivity contribution in [2.45, 2.75) is 32.4 Å². The maximum absolute atomic E-state index is 13.3. The highest BCUT2D eigenvalue weighted by Gasteiger charge is 2.29. The molecule has 0 aliphatic carbocycles. The van der Waals surface area contributed by atoms with Crippen LogP contribution in [-0.4, -0.2) is 46.3 Å². The molecule has 152 valence electrons. The third-order valence-electron chi connectivity index (χ3n) is 5.07. The highest BCUT2D eigenvalue weighted by Crippen LogP contribution is 2.24. The molecule has 0 spiro atoms. The van der Waals surface area contributed by atoms with Crippen molar-refractivity contribution in [3.05, 3.63) is 66.0 Å². The van der Waals surface area contributed by atoms with E-state index in [4.69, 9.17) is 5.73 Å². The van der Waals surface area contributed by atoms with Crippen LogP contribution in [0.15, 0.2) is 54.7 Å². The molecule has 2 aromatic heterocycles. The number of unbranched alkanes of at least 4 members (excludes halogenated alkanes) is 1.